The van der Waals surface area contributed by atoms with Crippen molar-refractivity contribution in [3.63, 3.8) is 0 Å². The molecule has 0 aliphatic carbocycles. The number of furan rings is 1. The molecule has 3 rings (SSSR count). The third-order valence-corrected chi connectivity index (χ3v) is 4.65. The van der Waals surface area contributed by atoms with Gasteiger partial charge in [-0.1, -0.05) is 54.1 Å². The van der Waals surface area contributed by atoms with Gasteiger partial charge in [0, 0.05) is 12.0 Å². The number of carbonyl (C=O) groups is 3. The third-order valence-electron chi connectivity index (χ3n) is 4.65. The molecule has 6 nitrogen and oxygen atoms in total. The summed E-state index contributed by atoms with van der Waals surface area (Å²) in [7, 11) is 0. The van der Waals surface area contributed by atoms with E-state index in [-0.39, 0.29) is 18.0 Å². The fraction of sp³-hybridized carbons (Fsp3) is 0.208. The number of benzene rings is 2. The largest absolute Gasteiger partial charge is 0.459 e. The molecule has 0 unspecified atom stereocenters. The van der Waals surface area contributed by atoms with Gasteiger partial charge >= 0.3 is 5.97 Å². The fourth-order valence-corrected chi connectivity index (χ4v) is 3.12. The van der Waals surface area contributed by atoms with Crippen LogP contribution in [0, 0.1) is 13.8 Å². The van der Waals surface area contributed by atoms with E-state index in [1.54, 1.807) is 12.1 Å². The topological polar surface area (TPSA) is 85.6 Å². The number of ketones is 1. The highest BCUT2D eigenvalue weighted by Gasteiger charge is 2.25. The van der Waals surface area contributed by atoms with Crippen LogP contribution in [0.15, 0.2) is 71.3 Å². The number of amides is 1. The van der Waals surface area contributed by atoms with Crippen LogP contribution in [0.5, 0.6) is 0 Å². The highest BCUT2D eigenvalue weighted by molar-refractivity contribution is 6.00. The van der Waals surface area contributed by atoms with Crippen molar-refractivity contribution in [2.45, 2.75) is 26.3 Å². The number of nitrogens with one attached hydrogen (secondary N) is 1. The monoisotopic (exact) mass is 405 g/mol. The zero-order valence-electron chi connectivity index (χ0n) is 16.9. The summed E-state index contributed by atoms with van der Waals surface area (Å²) < 4.78 is 10.3. The molecule has 1 heterocycles. The van der Waals surface area contributed by atoms with Crippen LogP contribution in [0.1, 0.15) is 37.6 Å². The molecule has 0 aliphatic rings. The normalized spacial score (nSPS) is 11.5. The van der Waals surface area contributed by atoms with E-state index in [0.29, 0.717) is 5.56 Å². The number of ether oxygens (including phenoxy) is 1. The smallest absolute Gasteiger partial charge is 0.329 e. The number of esters is 1. The maximum atomic E-state index is 12.7. The number of Topliss-reactive ketones (excluding diaryl/α,β-unsaturated/α-hetero) is 1. The minimum Gasteiger partial charge on any atom is -0.459 e. The molecule has 0 bridgehead atoms. The first kappa shape index (κ1) is 21.0. The van der Waals surface area contributed by atoms with E-state index in [1.165, 1.54) is 12.3 Å². The van der Waals surface area contributed by atoms with Gasteiger partial charge in [-0.15, -0.1) is 0 Å². The number of hydrogen-bond donors (Lipinski definition) is 1. The molecule has 0 saturated carbocycles. The van der Waals surface area contributed by atoms with Crippen molar-refractivity contribution in [2.24, 2.45) is 0 Å². The Bertz CT molecular complexity index is 1030. The van der Waals surface area contributed by atoms with Crippen LogP contribution in [-0.2, 0) is 16.0 Å². The van der Waals surface area contributed by atoms with Gasteiger partial charge in [-0.25, -0.2) is 4.79 Å². The minimum absolute atomic E-state index is 0.0900. The van der Waals surface area contributed by atoms with E-state index >= 15 is 0 Å². The van der Waals surface area contributed by atoms with Gasteiger partial charge in [0.05, 0.1) is 6.26 Å². The predicted molar refractivity (Wildman–Crippen MR) is 111 cm³/mol. The summed E-state index contributed by atoms with van der Waals surface area (Å²) in [4.78, 5) is 37.6. The minimum atomic E-state index is -0.961. The zero-order chi connectivity index (χ0) is 21.5. The molecular weight excluding hydrogens is 382 g/mol. The van der Waals surface area contributed by atoms with Crippen LogP contribution in [0.25, 0.3) is 0 Å². The summed E-state index contributed by atoms with van der Waals surface area (Å²) in [5.41, 5.74) is 3.22. The second-order valence-electron chi connectivity index (χ2n) is 7.04. The Balaban J connectivity index is 1.69. The summed E-state index contributed by atoms with van der Waals surface area (Å²) in [5, 5.41) is 2.63. The number of rotatable bonds is 8. The predicted octanol–water partition coefficient (Wildman–Crippen LogP) is 3.66. The van der Waals surface area contributed by atoms with Gasteiger partial charge in [-0.05, 0) is 37.1 Å². The summed E-state index contributed by atoms with van der Waals surface area (Å²) in [5.74, 6) is -1.42. The van der Waals surface area contributed by atoms with Crippen LogP contribution in [0.3, 0.4) is 0 Å². The van der Waals surface area contributed by atoms with E-state index in [0.717, 1.165) is 16.7 Å². The maximum absolute atomic E-state index is 12.7. The van der Waals surface area contributed by atoms with E-state index < -0.39 is 24.5 Å². The van der Waals surface area contributed by atoms with Gasteiger partial charge in [0.1, 0.15) is 6.04 Å². The zero-order valence-corrected chi connectivity index (χ0v) is 16.9. The van der Waals surface area contributed by atoms with Gasteiger partial charge < -0.3 is 14.5 Å². The highest BCUT2D eigenvalue weighted by atomic mass is 16.5. The molecule has 3 aromatic rings. The van der Waals surface area contributed by atoms with E-state index in [4.69, 9.17) is 9.15 Å². The van der Waals surface area contributed by atoms with Crippen LogP contribution >= 0.6 is 0 Å². The van der Waals surface area contributed by atoms with Crippen LogP contribution in [0.4, 0.5) is 0 Å². The Labute approximate surface area is 174 Å². The van der Waals surface area contributed by atoms with Crippen LogP contribution in [-0.4, -0.2) is 30.3 Å². The SMILES string of the molecule is Cc1ccc(C(=O)COC(=O)[C@H](Cc2ccccc2)NC(=O)c2ccco2)c(C)c1. The Hall–Kier alpha value is -3.67. The second-order valence-corrected chi connectivity index (χ2v) is 7.04. The molecule has 1 atom stereocenters. The molecule has 0 spiro atoms. The summed E-state index contributed by atoms with van der Waals surface area (Å²) in [6, 6.07) is 16.8. The van der Waals surface area contributed by atoms with Crippen molar-refractivity contribution in [3.8, 4) is 0 Å². The Morgan fingerprint density at radius 2 is 1.77 bits per heavy atom. The van der Waals surface area contributed by atoms with Crippen LogP contribution < -0.4 is 5.32 Å². The van der Waals surface area contributed by atoms with Gasteiger partial charge in [0.15, 0.2) is 12.4 Å². The Kier molecular flexibility index (Phi) is 6.80. The van der Waals surface area contributed by atoms with Gasteiger partial charge in [0.2, 0.25) is 5.78 Å². The van der Waals surface area contributed by atoms with Gasteiger partial charge in [-0.2, -0.15) is 0 Å². The van der Waals surface area contributed by atoms with Gasteiger partial charge in [-0.3, -0.25) is 9.59 Å². The van der Waals surface area contributed by atoms with Crippen molar-refractivity contribution >= 4 is 17.7 Å². The lowest BCUT2D eigenvalue weighted by Gasteiger charge is -2.17. The Morgan fingerprint density at radius 3 is 2.43 bits per heavy atom. The maximum Gasteiger partial charge on any atom is 0.329 e. The van der Waals surface area contributed by atoms with Crippen molar-refractivity contribution in [1.82, 2.24) is 5.32 Å². The van der Waals surface area contributed by atoms with Crippen molar-refractivity contribution in [3.05, 3.63) is 94.9 Å². The second kappa shape index (κ2) is 9.69. The Morgan fingerprint density at radius 1 is 1.00 bits per heavy atom. The number of aryl methyl sites for hydroxylation is 2. The average Bonchev–Trinajstić information content (AvgIpc) is 3.27. The summed E-state index contributed by atoms with van der Waals surface area (Å²) in [6.07, 6.45) is 1.60. The molecule has 30 heavy (non-hydrogen) atoms. The molecule has 0 fully saturated rings. The molecule has 1 amide bonds. The molecule has 1 N–H and O–H groups in total. The molecule has 2 aromatic carbocycles. The van der Waals surface area contributed by atoms with Crippen LogP contribution in [0.2, 0.25) is 0 Å². The lowest BCUT2D eigenvalue weighted by molar-refractivity contribution is -0.144. The lowest BCUT2D eigenvalue weighted by Crippen LogP contribution is -2.43. The first-order valence-electron chi connectivity index (χ1n) is 9.59. The standard InChI is InChI=1S/C24H23NO5/c1-16-10-11-19(17(2)13-16)21(26)15-30-24(28)20(14-18-7-4-3-5-8-18)25-23(27)22-9-6-12-29-22/h3-13,20H,14-15H2,1-2H3,(H,25,27)/t20-/m0/s1. The first-order valence-corrected chi connectivity index (χ1v) is 9.59. The number of hydrogen-bond acceptors (Lipinski definition) is 5. The summed E-state index contributed by atoms with van der Waals surface area (Å²) >= 11 is 0. The highest BCUT2D eigenvalue weighted by Crippen LogP contribution is 2.12. The quantitative estimate of drug-likeness (QED) is 0.457. The first-order chi connectivity index (χ1) is 14.4. The van der Waals surface area contributed by atoms with E-state index in [2.05, 4.69) is 5.32 Å². The summed E-state index contributed by atoms with van der Waals surface area (Å²) in [6.45, 7) is 3.38. The van der Waals surface area contributed by atoms with E-state index in [9.17, 15) is 14.4 Å². The molecule has 1 aromatic heterocycles. The van der Waals surface area contributed by atoms with E-state index in [1.807, 2.05) is 56.3 Å². The van der Waals surface area contributed by atoms with Crippen molar-refractivity contribution < 1.29 is 23.5 Å². The lowest BCUT2D eigenvalue weighted by atomic mass is 10.0. The molecular formula is C24H23NO5. The fourth-order valence-electron chi connectivity index (χ4n) is 3.12. The average molecular weight is 405 g/mol. The molecule has 6 heteroatoms. The molecule has 0 saturated heterocycles. The molecule has 0 radical (unpaired) electrons. The molecule has 0 aliphatic heterocycles. The van der Waals surface area contributed by atoms with Gasteiger partial charge in [0.25, 0.3) is 5.91 Å². The molecule has 154 valence electrons. The van der Waals surface area contributed by atoms with Crippen molar-refractivity contribution in [2.75, 3.05) is 6.61 Å². The third kappa shape index (κ3) is 5.44. The van der Waals surface area contributed by atoms with Crippen molar-refractivity contribution in [1.29, 1.82) is 0 Å². The number of carbonyl (C=O) groups excluding carboxylic acids is 3.